The summed E-state index contributed by atoms with van der Waals surface area (Å²) >= 11 is 0. The molecule has 0 fully saturated rings. The van der Waals surface area contributed by atoms with E-state index in [1.54, 1.807) is 35.2 Å². The van der Waals surface area contributed by atoms with Crippen LogP contribution in [0.3, 0.4) is 0 Å². The third kappa shape index (κ3) is 4.91. The molecule has 0 aliphatic carbocycles. The molecule has 0 unspecified atom stereocenters. The van der Waals surface area contributed by atoms with Gasteiger partial charge in [-0.05, 0) is 48.9 Å². The van der Waals surface area contributed by atoms with E-state index in [1.165, 1.54) is 25.4 Å². The second-order valence-corrected chi connectivity index (χ2v) is 7.38. The van der Waals surface area contributed by atoms with E-state index >= 15 is 0 Å². The third-order valence-electron chi connectivity index (χ3n) is 4.97. The quantitative estimate of drug-likeness (QED) is 0.336. The number of imidazole rings is 1. The molecule has 0 saturated carbocycles. The molecule has 4 rings (SSSR count). The molecule has 9 nitrogen and oxygen atoms in total. The molecule has 4 aromatic rings. The number of carbonyl (C=O) groups excluding carboxylic acids is 1. The Hall–Kier alpha value is -4.19. The number of hydrogen-bond donors (Lipinski definition) is 4. The molecule has 2 amide bonds. The van der Waals surface area contributed by atoms with Crippen LogP contribution in [0.1, 0.15) is 11.1 Å². The number of aromatic nitrogens is 4. The summed E-state index contributed by atoms with van der Waals surface area (Å²) in [6, 6.07) is 9.78. The minimum absolute atomic E-state index is 0.0377. The van der Waals surface area contributed by atoms with Gasteiger partial charge in [-0.15, -0.1) is 0 Å². The smallest absolute Gasteiger partial charge is 0.367 e. The van der Waals surface area contributed by atoms with Crippen molar-refractivity contribution < 1.29 is 18.0 Å². The van der Waals surface area contributed by atoms with Crippen LogP contribution in [0.5, 0.6) is 0 Å². The number of hydrogen-bond acceptors (Lipinski definition) is 6. The van der Waals surface area contributed by atoms with Crippen molar-refractivity contribution in [3.63, 3.8) is 0 Å². The Morgan fingerprint density at radius 2 is 1.74 bits per heavy atom. The lowest BCUT2D eigenvalue weighted by atomic mass is 10.1. The lowest BCUT2D eigenvalue weighted by Gasteiger charge is -2.13. The highest BCUT2D eigenvalue weighted by Crippen LogP contribution is 2.33. The van der Waals surface area contributed by atoms with Crippen molar-refractivity contribution in [3.8, 4) is 5.69 Å². The number of carbonyl (C=O) groups is 1. The zero-order valence-electron chi connectivity index (χ0n) is 18.0. The fraction of sp³-hybridized carbons (Fsp3) is 0.182. The van der Waals surface area contributed by atoms with Gasteiger partial charge in [-0.1, -0.05) is 6.07 Å². The molecule has 0 atom stereocenters. The average Bonchev–Trinajstić information content (AvgIpc) is 3.23. The largest absolute Gasteiger partial charge is 0.416 e. The molecule has 176 valence electrons. The Bertz CT molecular complexity index is 1320. The number of alkyl halides is 3. The molecule has 5 N–H and O–H groups in total. The van der Waals surface area contributed by atoms with Gasteiger partial charge < -0.3 is 21.7 Å². The number of aryl methyl sites for hydroxylation is 1. The van der Waals surface area contributed by atoms with Gasteiger partial charge in [-0.2, -0.15) is 13.2 Å². The Morgan fingerprint density at radius 3 is 2.44 bits per heavy atom. The molecule has 2 aromatic carbocycles. The first-order valence-corrected chi connectivity index (χ1v) is 10.2. The Balaban J connectivity index is 1.47. The minimum Gasteiger partial charge on any atom is -0.367 e. The van der Waals surface area contributed by atoms with Crippen molar-refractivity contribution in [1.82, 2.24) is 19.5 Å². The summed E-state index contributed by atoms with van der Waals surface area (Å²) in [6.07, 6.45) is -1.47. The number of urea groups is 1. The fourth-order valence-electron chi connectivity index (χ4n) is 3.35. The number of nitrogens with zero attached hydrogens (tertiary/aromatic N) is 4. The van der Waals surface area contributed by atoms with Gasteiger partial charge in [-0.25, -0.2) is 19.7 Å². The second-order valence-electron chi connectivity index (χ2n) is 7.38. The van der Waals surface area contributed by atoms with E-state index in [0.717, 1.165) is 11.8 Å². The monoisotopic (exact) mass is 470 g/mol. The summed E-state index contributed by atoms with van der Waals surface area (Å²) in [5, 5.41) is 8.12. The van der Waals surface area contributed by atoms with E-state index in [4.69, 9.17) is 5.73 Å². The van der Waals surface area contributed by atoms with Crippen LogP contribution in [0.25, 0.3) is 16.9 Å². The first-order valence-electron chi connectivity index (χ1n) is 10.2. The summed E-state index contributed by atoms with van der Waals surface area (Å²) in [6.45, 7) is 2.35. The van der Waals surface area contributed by atoms with Crippen LogP contribution < -0.4 is 21.7 Å². The number of nitrogens with one attached hydrogen (secondary N) is 3. The number of benzene rings is 2. The molecule has 2 aromatic heterocycles. The van der Waals surface area contributed by atoms with E-state index < -0.39 is 17.8 Å². The van der Waals surface area contributed by atoms with E-state index in [1.807, 2.05) is 0 Å². The number of anilines is 3. The first kappa shape index (κ1) is 23.0. The lowest BCUT2D eigenvalue weighted by Crippen LogP contribution is -2.20. The average molecular weight is 470 g/mol. The summed E-state index contributed by atoms with van der Waals surface area (Å²) in [5.74, 6) is 0.578. The van der Waals surface area contributed by atoms with Crippen LogP contribution >= 0.6 is 0 Å². The van der Waals surface area contributed by atoms with Crippen molar-refractivity contribution in [2.24, 2.45) is 5.73 Å². The zero-order chi connectivity index (χ0) is 24.3. The van der Waals surface area contributed by atoms with Gasteiger partial charge in [-0.3, -0.25) is 4.57 Å². The fourth-order valence-corrected chi connectivity index (χ4v) is 3.35. The van der Waals surface area contributed by atoms with Gasteiger partial charge in [0.25, 0.3) is 0 Å². The molecule has 2 heterocycles. The predicted octanol–water partition coefficient (Wildman–Crippen LogP) is 4.16. The molecule has 0 spiro atoms. The highest BCUT2D eigenvalue weighted by Gasteiger charge is 2.32. The van der Waals surface area contributed by atoms with E-state index in [0.29, 0.717) is 35.8 Å². The maximum absolute atomic E-state index is 13.1. The molecular formula is C22H21F3N8O. The summed E-state index contributed by atoms with van der Waals surface area (Å²) in [7, 11) is 0. The second kappa shape index (κ2) is 9.35. The van der Waals surface area contributed by atoms with Crippen LogP contribution in [0.4, 0.5) is 35.2 Å². The third-order valence-corrected chi connectivity index (χ3v) is 4.97. The molecular weight excluding hydrogens is 449 g/mol. The van der Waals surface area contributed by atoms with E-state index in [-0.39, 0.29) is 11.3 Å². The van der Waals surface area contributed by atoms with Crippen LogP contribution in [0.15, 0.2) is 55.1 Å². The predicted molar refractivity (Wildman–Crippen MR) is 123 cm³/mol. The normalized spacial score (nSPS) is 11.4. The van der Waals surface area contributed by atoms with Gasteiger partial charge in [0.15, 0.2) is 17.0 Å². The van der Waals surface area contributed by atoms with Crippen molar-refractivity contribution in [2.45, 2.75) is 13.1 Å². The number of nitrogens with two attached hydrogens (primary N) is 1. The number of rotatable bonds is 6. The van der Waals surface area contributed by atoms with Crippen molar-refractivity contribution in [1.29, 1.82) is 0 Å². The number of amides is 2. The van der Waals surface area contributed by atoms with Crippen LogP contribution in [-0.4, -0.2) is 38.6 Å². The summed E-state index contributed by atoms with van der Waals surface area (Å²) < 4.78 is 41.0. The van der Waals surface area contributed by atoms with Crippen molar-refractivity contribution in [2.75, 3.05) is 29.0 Å². The van der Waals surface area contributed by atoms with Crippen molar-refractivity contribution in [3.05, 3.63) is 66.2 Å². The molecule has 0 radical (unpaired) electrons. The molecule has 12 heteroatoms. The van der Waals surface area contributed by atoms with Gasteiger partial charge in [0.05, 0.1) is 5.56 Å². The zero-order valence-corrected chi connectivity index (χ0v) is 18.0. The molecule has 0 aliphatic rings. The maximum Gasteiger partial charge on any atom is 0.416 e. The first-order chi connectivity index (χ1) is 16.3. The number of fused-ring (bicyclic) bond motifs is 1. The van der Waals surface area contributed by atoms with E-state index in [2.05, 4.69) is 30.9 Å². The van der Waals surface area contributed by atoms with Crippen molar-refractivity contribution >= 4 is 34.4 Å². The molecule has 0 bridgehead atoms. The van der Waals surface area contributed by atoms with Gasteiger partial charge in [0.2, 0.25) is 0 Å². The highest BCUT2D eigenvalue weighted by molar-refractivity contribution is 5.99. The van der Waals surface area contributed by atoms with Crippen LogP contribution in [0, 0.1) is 6.92 Å². The Morgan fingerprint density at radius 1 is 1.03 bits per heavy atom. The lowest BCUT2D eigenvalue weighted by molar-refractivity contribution is -0.138. The van der Waals surface area contributed by atoms with Crippen LogP contribution in [0.2, 0.25) is 0 Å². The Labute approximate surface area is 192 Å². The molecule has 0 saturated heterocycles. The summed E-state index contributed by atoms with van der Waals surface area (Å²) in [5.41, 5.74) is 7.22. The summed E-state index contributed by atoms with van der Waals surface area (Å²) in [4.78, 5) is 25.1. The highest BCUT2D eigenvalue weighted by atomic mass is 19.4. The van der Waals surface area contributed by atoms with Gasteiger partial charge in [0, 0.05) is 30.2 Å². The standard InChI is InChI=1S/C22H21F3N8O/c1-13-2-3-15(10-17(13)22(23,24)25)32-21(34)31-14-4-6-16(7-5-14)33-12-30-18-19(27-9-8-26)28-11-29-20(18)33/h2-7,10-12H,8-9,26H2,1H3,(H,27,28,29)(H2,31,32,34). The minimum atomic E-state index is -4.50. The Kier molecular flexibility index (Phi) is 6.32. The van der Waals surface area contributed by atoms with Gasteiger partial charge >= 0.3 is 12.2 Å². The molecule has 34 heavy (non-hydrogen) atoms. The van der Waals surface area contributed by atoms with Crippen LogP contribution in [-0.2, 0) is 6.18 Å². The van der Waals surface area contributed by atoms with E-state index in [9.17, 15) is 18.0 Å². The SMILES string of the molecule is Cc1ccc(NC(=O)Nc2ccc(-n3cnc4c(NCCN)ncnc43)cc2)cc1C(F)(F)F. The van der Waals surface area contributed by atoms with Gasteiger partial charge in [0.1, 0.15) is 12.7 Å². The topological polar surface area (TPSA) is 123 Å². The maximum atomic E-state index is 13.1. The molecule has 0 aliphatic heterocycles. The number of halogens is 3.